The van der Waals surface area contributed by atoms with Crippen LogP contribution >= 0.6 is 0 Å². The third kappa shape index (κ3) is 4.02. The second kappa shape index (κ2) is 6.03. The number of imidazole rings is 1. The summed E-state index contributed by atoms with van der Waals surface area (Å²) in [4.78, 5) is 6.64. The summed E-state index contributed by atoms with van der Waals surface area (Å²) in [6, 6.07) is -0.373. The summed E-state index contributed by atoms with van der Waals surface area (Å²) in [5, 5.41) is 0.0475. The maximum atomic E-state index is 12.6. The number of piperidine rings is 1. The fourth-order valence-corrected chi connectivity index (χ4v) is 4.55. The number of aromatic nitrogens is 2. The topological polar surface area (TPSA) is 112 Å². The van der Waals surface area contributed by atoms with Crippen LogP contribution in [0.3, 0.4) is 0 Å². The molecule has 1 aromatic rings. The summed E-state index contributed by atoms with van der Waals surface area (Å²) >= 11 is 0. The molecule has 0 aromatic carbocycles. The molecule has 0 spiro atoms. The first-order valence-electron chi connectivity index (χ1n) is 6.68. The summed E-state index contributed by atoms with van der Waals surface area (Å²) < 4.78 is 51.4. The van der Waals surface area contributed by atoms with E-state index in [0.29, 0.717) is 18.8 Å². The predicted molar refractivity (Wildman–Crippen MR) is 77.7 cm³/mol. The molecule has 0 amide bonds. The standard InChI is InChI=1S/C11H20N4O4S2/c1-9-12-8-11(14-9)21(18,19)15-6-4-3-5-10(15)7-13-20(2,16)17/h8,10,13H,3-7H2,1-2H3,(H,12,14). The van der Waals surface area contributed by atoms with E-state index in [4.69, 9.17) is 0 Å². The average molecular weight is 336 g/mol. The lowest BCUT2D eigenvalue weighted by molar-refractivity contribution is 0.252. The van der Waals surface area contributed by atoms with Crippen LogP contribution in [0.25, 0.3) is 0 Å². The minimum absolute atomic E-state index is 0.0475. The van der Waals surface area contributed by atoms with E-state index in [1.165, 1.54) is 10.5 Å². The van der Waals surface area contributed by atoms with Crippen molar-refractivity contribution in [1.82, 2.24) is 19.0 Å². The molecular weight excluding hydrogens is 316 g/mol. The zero-order chi connectivity index (χ0) is 15.7. The van der Waals surface area contributed by atoms with E-state index in [1.54, 1.807) is 6.92 Å². The molecular formula is C11H20N4O4S2. The lowest BCUT2D eigenvalue weighted by atomic mass is 10.1. The predicted octanol–water partition coefficient (Wildman–Crippen LogP) is -0.189. The molecule has 2 heterocycles. The second-order valence-electron chi connectivity index (χ2n) is 5.22. The number of hydrogen-bond acceptors (Lipinski definition) is 5. The minimum atomic E-state index is -3.68. The summed E-state index contributed by atoms with van der Waals surface area (Å²) in [5.74, 6) is 0.524. The lowest BCUT2D eigenvalue weighted by Gasteiger charge is -2.34. The molecule has 21 heavy (non-hydrogen) atoms. The number of rotatable bonds is 5. The number of aryl methyl sites for hydroxylation is 1. The van der Waals surface area contributed by atoms with Crippen LogP contribution in [-0.4, -0.2) is 56.5 Å². The van der Waals surface area contributed by atoms with Crippen molar-refractivity contribution in [1.29, 1.82) is 0 Å². The number of sulfonamides is 2. The Kier molecular flexibility index (Phi) is 4.71. The molecule has 0 saturated carbocycles. The van der Waals surface area contributed by atoms with Gasteiger partial charge in [0.2, 0.25) is 10.0 Å². The number of H-pyrrole nitrogens is 1. The molecule has 1 saturated heterocycles. The van der Waals surface area contributed by atoms with E-state index in [-0.39, 0.29) is 17.6 Å². The van der Waals surface area contributed by atoms with Crippen LogP contribution in [0, 0.1) is 6.92 Å². The minimum Gasteiger partial charge on any atom is -0.332 e. The van der Waals surface area contributed by atoms with E-state index in [2.05, 4.69) is 14.7 Å². The van der Waals surface area contributed by atoms with Crippen molar-refractivity contribution in [3.8, 4) is 0 Å². The average Bonchev–Trinajstić information content (AvgIpc) is 2.83. The van der Waals surface area contributed by atoms with Gasteiger partial charge in [0.05, 0.1) is 12.5 Å². The van der Waals surface area contributed by atoms with E-state index in [9.17, 15) is 16.8 Å². The first-order chi connectivity index (χ1) is 9.70. The number of nitrogens with zero attached hydrogens (tertiary/aromatic N) is 2. The van der Waals surface area contributed by atoms with Gasteiger partial charge in [-0.3, -0.25) is 0 Å². The Morgan fingerprint density at radius 3 is 2.67 bits per heavy atom. The molecule has 1 aliphatic heterocycles. The van der Waals surface area contributed by atoms with Crippen molar-refractivity contribution in [2.24, 2.45) is 0 Å². The summed E-state index contributed by atoms with van der Waals surface area (Å²) in [6.45, 7) is 2.15. The molecule has 2 N–H and O–H groups in total. The Bertz CT molecular complexity index is 696. The van der Waals surface area contributed by atoms with Crippen LogP contribution < -0.4 is 4.72 Å². The van der Waals surface area contributed by atoms with Crippen LogP contribution in [0.5, 0.6) is 0 Å². The van der Waals surface area contributed by atoms with Crippen LogP contribution in [0.15, 0.2) is 11.2 Å². The van der Waals surface area contributed by atoms with Gasteiger partial charge in [-0.2, -0.15) is 4.31 Å². The zero-order valence-corrected chi connectivity index (χ0v) is 13.7. The summed E-state index contributed by atoms with van der Waals surface area (Å²) in [7, 11) is -7.02. The van der Waals surface area contributed by atoms with Gasteiger partial charge in [-0.1, -0.05) is 6.42 Å². The molecule has 1 fully saturated rings. The molecule has 1 aliphatic rings. The van der Waals surface area contributed by atoms with Gasteiger partial charge in [-0.05, 0) is 19.8 Å². The maximum Gasteiger partial charge on any atom is 0.260 e. The highest BCUT2D eigenvalue weighted by atomic mass is 32.2. The van der Waals surface area contributed by atoms with Crippen molar-refractivity contribution in [3.63, 3.8) is 0 Å². The number of aromatic amines is 1. The van der Waals surface area contributed by atoms with Gasteiger partial charge in [0.1, 0.15) is 5.82 Å². The quantitative estimate of drug-likeness (QED) is 0.774. The van der Waals surface area contributed by atoms with Gasteiger partial charge in [0, 0.05) is 19.1 Å². The Morgan fingerprint density at radius 2 is 2.10 bits per heavy atom. The van der Waals surface area contributed by atoms with Crippen molar-refractivity contribution in [2.45, 2.75) is 37.3 Å². The van der Waals surface area contributed by atoms with E-state index >= 15 is 0 Å². The molecule has 10 heteroatoms. The largest absolute Gasteiger partial charge is 0.332 e. The maximum absolute atomic E-state index is 12.6. The van der Waals surface area contributed by atoms with Crippen molar-refractivity contribution >= 4 is 20.0 Å². The molecule has 120 valence electrons. The SMILES string of the molecule is Cc1ncc(S(=O)(=O)N2CCCCC2CNS(C)(=O)=O)[nH]1. The van der Waals surface area contributed by atoms with Crippen LogP contribution in [0.2, 0.25) is 0 Å². The van der Waals surface area contributed by atoms with Crippen LogP contribution in [0.1, 0.15) is 25.1 Å². The van der Waals surface area contributed by atoms with Gasteiger partial charge >= 0.3 is 0 Å². The lowest BCUT2D eigenvalue weighted by Crippen LogP contribution is -2.49. The first kappa shape index (κ1) is 16.4. The highest BCUT2D eigenvalue weighted by molar-refractivity contribution is 7.89. The van der Waals surface area contributed by atoms with Crippen LogP contribution in [0.4, 0.5) is 0 Å². The fraction of sp³-hybridized carbons (Fsp3) is 0.727. The van der Waals surface area contributed by atoms with Gasteiger partial charge in [0.15, 0.2) is 5.03 Å². The molecule has 2 rings (SSSR count). The molecule has 1 aromatic heterocycles. The first-order valence-corrected chi connectivity index (χ1v) is 10.0. The number of hydrogen-bond donors (Lipinski definition) is 2. The molecule has 0 radical (unpaired) electrons. The smallest absolute Gasteiger partial charge is 0.260 e. The van der Waals surface area contributed by atoms with Gasteiger partial charge in [-0.25, -0.2) is 26.5 Å². The molecule has 0 aliphatic carbocycles. The second-order valence-corrected chi connectivity index (χ2v) is 8.91. The zero-order valence-electron chi connectivity index (χ0n) is 12.0. The monoisotopic (exact) mass is 336 g/mol. The normalized spacial score (nSPS) is 21.5. The Balaban J connectivity index is 2.22. The van der Waals surface area contributed by atoms with Crippen molar-refractivity contribution < 1.29 is 16.8 Å². The van der Waals surface area contributed by atoms with Gasteiger partial charge in [0.25, 0.3) is 10.0 Å². The molecule has 1 unspecified atom stereocenters. The Hall–Kier alpha value is -0.970. The third-order valence-electron chi connectivity index (χ3n) is 3.42. The third-order valence-corrected chi connectivity index (χ3v) is 5.97. The Morgan fingerprint density at radius 1 is 1.38 bits per heavy atom. The van der Waals surface area contributed by atoms with Gasteiger partial charge < -0.3 is 4.98 Å². The fourth-order valence-electron chi connectivity index (χ4n) is 2.40. The van der Waals surface area contributed by atoms with Gasteiger partial charge in [-0.15, -0.1) is 0 Å². The highest BCUT2D eigenvalue weighted by Gasteiger charge is 2.34. The number of nitrogens with one attached hydrogen (secondary N) is 2. The van der Waals surface area contributed by atoms with Crippen molar-refractivity contribution in [2.75, 3.05) is 19.3 Å². The van der Waals surface area contributed by atoms with Crippen molar-refractivity contribution in [3.05, 3.63) is 12.0 Å². The summed E-state index contributed by atoms with van der Waals surface area (Å²) in [5.41, 5.74) is 0. The summed E-state index contributed by atoms with van der Waals surface area (Å²) in [6.07, 6.45) is 4.63. The highest BCUT2D eigenvalue weighted by Crippen LogP contribution is 2.24. The molecule has 0 bridgehead atoms. The van der Waals surface area contributed by atoms with E-state index in [0.717, 1.165) is 19.1 Å². The Labute approximate surface area is 125 Å². The van der Waals surface area contributed by atoms with E-state index < -0.39 is 20.0 Å². The molecule has 1 atom stereocenters. The van der Waals surface area contributed by atoms with Crippen LogP contribution in [-0.2, 0) is 20.0 Å². The van der Waals surface area contributed by atoms with E-state index in [1.807, 2.05) is 0 Å². The molecule has 8 nitrogen and oxygen atoms in total.